The van der Waals surface area contributed by atoms with E-state index < -0.39 is 0 Å². The molecule has 1 atom stereocenters. The van der Waals surface area contributed by atoms with Crippen molar-refractivity contribution >= 4 is 11.8 Å². The maximum absolute atomic E-state index is 3.33. The van der Waals surface area contributed by atoms with Crippen molar-refractivity contribution in [2.75, 3.05) is 26.4 Å². The minimum absolute atomic E-state index is 0.712. The molecule has 1 unspecified atom stereocenters. The van der Waals surface area contributed by atoms with Crippen LogP contribution in [0.15, 0.2) is 29.2 Å². The monoisotopic (exact) mass is 264 g/mol. The van der Waals surface area contributed by atoms with Gasteiger partial charge in [0.05, 0.1) is 0 Å². The van der Waals surface area contributed by atoms with Crippen LogP contribution in [0, 0.1) is 0 Å². The first kappa shape index (κ1) is 13.9. The highest BCUT2D eigenvalue weighted by molar-refractivity contribution is 7.98. The second kappa shape index (κ2) is 7.17. The number of hydrogen-bond donors (Lipinski definition) is 1. The number of thioether (sulfide) groups is 1. The van der Waals surface area contributed by atoms with Crippen LogP contribution in [0.25, 0.3) is 0 Å². The Morgan fingerprint density at radius 3 is 2.72 bits per heavy atom. The summed E-state index contributed by atoms with van der Waals surface area (Å²) in [7, 11) is 2.06. The third-order valence-electron chi connectivity index (χ3n) is 3.73. The quantitative estimate of drug-likeness (QED) is 0.823. The standard InChI is InChI=1S/C15H24N2S/c1-16-11-14-5-3-4-10-17(14)12-13-6-8-15(18-2)9-7-13/h6-9,14,16H,3-5,10-12H2,1-2H3. The minimum Gasteiger partial charge on any atom is -0.318 e. The summed E-state index contributed by atoms with van der Waals surface area (Å²) >= 11 is 1.81. The van der Waals surface area contributed by atoms with Crippen molar-refractivity contribution in [2.24, 2.45) is 0 Å². The molecule has 0 aromatic heterocycles. The van der Waals surface area contributed by atoms with Gasteiger partial charge in [-0.25, -0.2) is 0 Å². The Balaban J connectivity index is 1.96. The number of rotatable bonds is 5. The van der Waals surface area contributed by atoms with Crippen LogP contribution in [0.2, 0.25) is 0 Å². The molecule has 1 aromatic rings. The number of nitrogens with one attached hydrogen (secondary N) is 1. The average molecular weight is 264 g/mol. The highest BCUT2D eigenvalue weighted by atomic mass is 32.2. The van der Waals surface area contributed by atoms with E-state index in [4.69, 9.17) is 0 Å². The largest absolute Gasteiger partial charge is 0.318 e. The molecule has 0 spiro atoms. The zero-order valence-electron chi connectivity index (χ0n) is 11.5. The first-order valence-corrected chi connectivity index (χ1v) is 8.07. The van der Waals surface area contributed by atoms with E-state index in [-0.39, 0.29) is 0 Å². The number of likely N-dealkylation sites (tertiary alicyclic amines) is 1. The van der Waals surface area contributed by atoms with Crippen molar-refractivity contribution in [2.45, 2.75) is 36.7 Å². The molecule has 3 heteroatoms. The molecular weight excluding hydrogens is 240 g/mol. The summed E-state index contributed by atoms with van der Waals surface area (Å²) in [6.07, 6.45) is 6.20. The van der Waals surface area contributed by atoms with Gasteiger partial charge < -0.3 is 5.32 Å². The minimum atomic E-state index is 0.712. The molecule has 0 saturated carbocycles. The lowest BCUT2D eigenvalue weighted by Crippen LogP contribution is -2.44. The number of benzene rings is 1. The lowest BCUT2D eigenvalue weighted by atomic mass is 10.0. The SMILES string of the molecule is CNCC1CCCCN1Cc1ccc(SC)cc1. The third kappa shape index (κ3) is 3.74. The summed E-state index contributed by atoms with van der Waals surface area (Å²) in [4.78, 5) is 3.98. The summed E-state index contributed by atoms with van der Waals surface area (Å²) < 4.78 is 0. The second-order valence-electron chi connectivity index (χ2n) is 5.03. The fraction of sp³-hybridized carbons (Fsp3) is 0.600. The molecule has 18 heavy (non-hydrogen) atoms. The fourth-order valence-electron chi connectivity index (χ4n) is 2.70. The molecule has 1 heterocycles. The molecule has 1 aliphatic rings. The summed E-state index contributed by atoms with van der Waals surface area (Å²) in [5, 5.41) is 3.33. The summed E-state index contributed by atoms with van der Waals surface area (Å²) in [6.45, 7) is 3.46. The van der Waals surface area contributed by atoms with Crippen LogP contribution in [-0.4, -0.2) is 37.3 Å². The normalized spacial score (nSPS) is 21.1. The Hall–Kier alpha value is -0.510. The van der Waals surface area contributed by atoms with E-state index in [0.717, 1.165) is 13.1 Å². The van der Waals surface area contributed by atoms with Gasteiger partial charge in [-0.05, 0) is 50.4 Å². The van der Waals surface area contributed by atoms with E-state index in [9.17, 15) is 0 Å². The van der Waals surface area contributed by atoms with Crippen LogP contribution in [0.1, 0.15) is 24.8 Å². The fourth-order valence-corrected chi connectivity index (χ4v) is 3.11. The smallest absolute Gasteiger partial charge is 0.0237 e. The van der Waals surface area contributed by atoms with Gasteiger partial charge in [0.25, 0.3) is 0 Å². The van der Waals surface area contributed by atoms with E-state index >= 15 is 0 Å². The predicted molar refractivity (Wildman–Crippen MR) is 80.2 cm³/mol. The molecule has 2 rings (SSSR count). The number of piperidine rings is 1. The van der Waals surface area contributed by atoms with Gasteiger partial charge in [-0.2, -0.15) is 0 Å². The maximum atomic E-state index is 3.33. The van der Waals surface area contributed by atoms with Gasteiger partial charge in [-0.3, -0.25) is 4.90 Å². The Labute approximate surface area is 115 Å². The van der Waals surface area contributed by atoms with Gasteiger partial charge in [0.15, 0.2) is 0 Å². The first-order valence-electron chi connectivity index (χ1n) is 6.85. The lowest BCUT2D eigenvalue weighted by Gasteiger charge is -2.35. The molecule has 100 valence electrons. The van der Waals surface area contributed by atoms with Crippen molar-refractivity contribution in [3.05, 3.63) is 29.8 Å². The van der Waals surface area contributed by atoms with Crippen molar-refractivity contribution in [3.8, 4) is 0 Å². The molecule has 1 aromatic carbocycles. The summed E-state index contributed by atoms with van der Waals surface area (Å²) in [5.74, 6) is 0. The Bertz CT molecular complexity index is 348. The maximum Gasteiger partial charge on any atom is 0.0237 e. The molecule has 0 aliphatic carbocycles. The van der Waals surface area contributed by atoms with Gasteiger partial charge in [0.2, 0.25) is 0 Å². The van der Waals surface area contributed by atoms with Gasteiger partial charge in [-0.1, -0.05) is 18.6 Å². The highest BCUT2D eigenvalue weighted by Crippen LogP contribution is 2.21. The molecule has 0 bridgehead atoms. The number of hydrogen-bond acceptors (Lipinski definition) is 3. The molecule has 1 aliphatic heterocycles. The molecule has 1 fully saturated rings. The number of nitrogens with zero attached hydrogens (tertiary/aromatic N) is 1. The topological polar surface area (TPSA) is 15.3 Å². The van der Waals surface area contributed by atoms with Crippen LogP contribution >= 0.6 is 11.8 Å². The first-order chi connectivity index (χ1) is 8.83. The summed E-state index contributed by atoms with van der Waals surface area (Å²) in [6, 6.07) is 9.73. The van der Waals surface area contributed by atoms with Crippen LogP contribution in [-0.2, 0) is 6.54 Å². The van der Waals surface area contributed by atoms with Gasteiger partial charge in [0, 0.05) is 24.0 Å². The van der Waals surface area contributed by atoms with E-state index in [2.05, 4.69) is 47.8 Å². The van der Waals surface area contributed by atoms with Crippen molar-refractivity contribution in [1.82, 2.24) is 10.2 Å². The lowest BCUT2D eigenvalue weighted by molar-refractivity contribution is 0.139. The van der Waals surface area contributed by atoms with E-state index in [1.165, 1.54) is 36.3 Å². The van der Waals surface area contributed by atoms with Crippen molar-refractivity contribution in [1.29, 1.82) is 0 Å². The van der Waals surface area contributed by atoms with Crippen LogP contribution in [0.5, 0.6) is 0 Å². The van der Waals surface area contributed by atoms with Crippen molar-refractivity contribution < 1.29 is 0 Å². The van der Waals surface area contributed by atoms with Crippen molar-refractivity contribution in [3.63, 3.8) is 0 Å². The van der Waals surface area contributed by atoms with Gasteiger partial charge in [0.1, 0.15) is 0 Å². The molecule has 0 amide bonds. The Morgan fingerprint density at radius 2 is 2.06 bits per heavy atom. The highest BCUT2D eigenvalue weighted by Gasteiger charge is 2.21. The van der Waals surface area contributed by atoms with Crippen LogP contribution < -0.4 is 5.32 Å². The van der Waals surface area contributed by atoms with E-state index in [0.29, 0.717) is 6.04 Å². The third-order valence-corrected chi connectivity index (χ3v) is 4.48. The molecule has 0 radical (unpaired) electrons. The number of likely N-dealkylation sites (N-methyl/N-ethyl adjacent to an activating group) is 1. The van der Waals surface area contributed by atoms with Crippen LogP contribution in [0.4, 0.5) is 0 Å². The van der Waals surface area contributed by atoms with E-state index in [1.54, 1.807) is 0 Å². The zero-order valence-corrected chi connectivity index (χ0v) is 12.3. The van der Waals surface area contributed by atoms with Crippen LogP contribution in [0.3, 0.4) is 0 Å². The molecule has 1 saturated heterocycles. The zero-order chi connectivity index (χ0) is 12.8. The van der Waals surface area contributed by atoms with Gasteiger partial charge >= 0.3 is 0 Å². The summed E-state index contributed by atoms with van der Waals surface area (Å²) in [5.41, 5.74) is 1.44. The van der Waals surface area contributed by atoms with Gasteiger partial charge in [-0.15, -0.1) is 11.8 Å². The molecular formula is C15H24N2S. The van der Waals surface area contributed by atoms with E-state index in [1.807, 2.05) is 11.8 Å². The molecule has 1 N–H and O–H groups in total. The average Bonchev–Trinajstić information content (AvgIpc) is 2.42. The second-order valence-corrected chi connectivity index (χ2v) is 5.91. The predicted octanol–water partition coefficient (Wildman–Crippen LogP) is 2.98. The Kier molecular flexibility index (Phi) is 5.54. The Morgan fingerprint density at radius 1 is 1.28 bits per heavy atom. The molecule has 2 nitrogen and oxygen atoms in total.